The molecule has 24 heavy (non-hydrogen) atoms. The van der Waals surface area contributed by atoms with Crippen molar-refractivity contribution in [2.75, 3.05) is 5.75 Å². The van der Waals surface area contributed by atoms with Crippen molar-refractivity contribution < 1.29 is 29.4 Å². The molecule has 0 saturated carbocycles. The molecule has 4 amide bonds. The van der Waals surface area contributed by atoms with Gasteiger partial charge in [-0.3, -0.25) is 14.4 Å². The lowest BCUT2D eigenvalue weighted by Crippen LogP contribution is -2.54. The van der Waals surface area contributed by atoms with Gasteiger partial charge in [0.05, 0.1) is 18.5 Å². The van der Waals surface area contributed by atoms with Gasteiger partial charge in [0.25, 0.3) is 11.8 Å². The topological polar surface area (TPSA) is 127 Å². The van der Waals surface area contributed by atoms with Gasteiger partial charge in [-0.2, -0.15) is 16.8 Å². The summed E-state index contributed by atoms with van der Waals surface area (Å²) in [5.41, 5.74) is 0. The molecule has 3 saturated heterocycles. The molecule has 3 heterocycles. The van der Waals surface area contributed by atoms with Gasteiger partial charge in [-0.1, -0.05) is 6.42 Å². The molecule has 0 aromatic rings. The highest BCUT2D eigenvalue weighted by atomic mass is 32.2. The van der Waals surface area contributed by atoms with Crippen LogP contribution in [0.2, 0.25) is 0 Å². The summed E-state index contributed by atoms with van der Waals surface area (Å²) in [5, 5.41) is 23.0. The highest BCUT2D eigenvalue weighted by molar-refractivity contribution is 8.00. The third-order valence-corrected chi connectivity index (χ3v) is 6.02. The van der Waals surface area contributed by atoms with Crippen LogP contribution in [0.25, 0.3) is 0 Å². The summed E-state index contributed by atoms with van der Waals surface area (Å²) >= 11 is 1.65. The van der Waals surface area contributed by atoms with Crippen LogP contribution in [0.3, 0.4) is 0 Å². The average molecular weight is 357 g/mol. The Balaban J connectivity index is 1.70. The van der Waals surface area contributed by atoms with Gasteiger partial charge < -0.3 is 15.5 Å². The van der Waals surface area contributed by atoms with E-state index in [1.807, 2.05) is 0 Å². The summed E-state index contributed by atoms with van der Waals surface area (Å²) in [4.78, 5) is 46.9. The van der Waals surface area contributed by atoms with Crippen LogP contribution in [0.4, 0.5) is 4.79 Å². The van der Waals surface area contributed by atoms with Gasteiger partial charge in [0, 0.05) is 17.4 Å². The number of nitrogens with zero attached hydrogens (tertiary/aromatic N) is 2. The summed E-state index contributed by atoms with van der Waals surface area (Å²) in [6.45, 7) is 0. The van der Waals surface area contributed by atoms with Crippen molar-refractivity contribution in [1.29, 1.82) is 0 Å². The van der Waals surface area contributed by atoms with Gasteiger partial charge in [-0.25, -0.2) is 9.80 Å². The number of carboxylic acids is 1. The smallest absolute Gasteiger partial charge is 0.337 e. The largest absolute Gasteiger partial charge is 0.481 e. The zero-order valence-electron chi connectivity index (χ0n) is 12.9. The minimum atomic E-state index is -1.40. The molecule has 3 fully saturated rings. The lowest BCUT2D eigenvalue weighted by Gasteiger charge is -2.32. The summed E-state index contributed by atoms with van der Waals surface area (Å²) in [6.07, 6.45) is 0.333. The van der Waals surface area contributed by atoms with Gasteiger partial charge in [-0.15, -0.1) is 0 Å². The number of rotatable bonds is 6. The fourth-order valence-corrected chi connectivity index (χ4v) is 5.00. The Bertz CT molecular complexity index is 585. The molecule has 0 spiro atoms. The first-order valence-corrected chi connectivity index (χ1v) is 8.93. The molecule has 0 aromatic heterocycles. The number of carbonyl (C=O) groups excluding carboxylic acids is 3. The van der Waals surface area contributed by atoms with Crippen LogP contribution in [-0.4, -0.2) is 73.2 Å². The van der Waals surface area contributed by atoms with E-state index in [0.29, 0.717) is 25.0 Å². The third-order valence-electron chi connectivity index (χ3n) is 4.53. The zero-order valence-corrected chi connectivity index (χ0v) is 13.7. The molecule has 0 aromatic carbocycles. The van der Waals surface area contributed by atoms with E-state index in [-0.39, 0.29) is 30.2 Å². The lowest BCUT2D eigenvalue weighted by molar-refractivity contribution is -0.156. The van der Waals surface area contributed by atoms with Gasteiger partial charge in [0.15, 0.2) is 0 Å². The molecule has 3 N–H and O–H groups in total. The molecular weight excluding hydrogens is 338 g/mol. The summed E-state index contributed by atoms with van der Waals surface area (Å²) in [5.74, 6) is -1.51. The van der Waals surface area contributed by atoms with Crippen molar-refractivity contribution >= 4 is 35.6 Å². The number of hydrogen-bond donors (Lipinski definition) is 3. The van der Waals surface area contributed by atoms with Crippen molar-refractivity contribution in [3.05, 3.63) is 0 Å². The Morgan fingerprint density at radius 3 is 2.67 bits per heavy atom. The fraction of sp³-hybridized carbons (Fsp3) is 0.714. The highest BCUT2D eigenvalue weighted by Gasteiger charge is 2.55. The number of unbranched alkanes of at least 4 members (excludes halogenated alkanes) is 1. The minimum absolute atomic E-state index is 0.0149. The van der Waals surface area contributed by atoms with Gasteiger partial charge in [0.1, 0.15) is 6.10 Å². The molecule has 9 nitrogen and oxygen atoms in total. The minimum Gasteiger partial charge on any atom is -0.481 e. The van der Waals surface area contributed by atoms with Crippen LogP contribution >= 0.6 is 11.8 Å². The number of carboxylic acid groups (broad SMARTS) is 1. The molecule has 4 atom stereocenters. The van der Waals surface area contributed by atoms with Gasteiger partial charge >= 0.3 is 12.0 Å². The van der Waals surface area contributed by atoms with E-state index >= 15 is 0 Å². The molecule has 3 aliphatic rings. The van der Waals surface area contributed by atoms with Crippen LogP contribution in [0, 0.1) is 0 Å². The number of aliphatic hydroxyl groups is 1. The number of hydrogen-bond acceptors (Lipinski definition) is 6. The van der Waals surface area contributed by atoms with Crippen molar-refractivity contribution in [1.82, 2.24) is 15.3 Å². The van der Waals surface area contributed by atoms with Crippen molar-refractivity contribution in [2.24, 2.45) is 0 Å². The summed E-state index contributed by atoms with van der Waals surface area (Å²) in [6, 6.07) is -1.01. The maximum Gasteiger partial charge on any atom is 0.337 e. The Morgan fingerprint density at radius 2 is 2.04 bits per heavy atom. The van der Waals surface area contributed by atoms with Gasteiger partial charge in [-0.05, 0) is 12.8 Å². The SMILES string of the molecule is O=C(O)CCCC[C@H]1SC[C@H]2NC(=O)N(N3C(=O)CC(O)C3=O)[C@H]21. The summed E-state index contributed by atoms with van der Waals surface area (Å²) < 4.78 is 0. The molecular formula is C14H19N3O6S. The molecule has 10 heteroatoms. The molecule has 1 unspecified atom stereocenters. The van der Waals surface area contributed by atoms with E-state index in [2.05, 4.69) is 5.32 Å². The van der Waals surface area contributed by atoms with Crippen LogP contribution in [0.5, 0.6) is 0 Å². The first kappa shape index (κ1) is 17.0. The van der Waals surface area contributed by atoms with Crippen molar-refractivity contribution in [3.8, 4) is 0 Å². The van der Waals surface area contributed by atoms with Crippen LogP contribution in [0.15, 0.2) is 0 Å². The standard InChI is InChI=1S/C14H19N3O6S/c18-8-5-10(19)16(13(8)22)17-12-7(15-14(17)23)6-24-9(12)3-1-2-4-11(20)21/h7-9,12,18H,1-6H2,(H,15,23)(H,20,21)/t7-,8?,9-,12-/m1/s1. The number of fused-ring (bicyclic) bond motifs is 1. The number of carbonyl (C=O) groups is 4. The van der Waals surface area contributed by atoms with Crippen LogP contribution < -0.4 is 5.32 Å². The number of hydrazine groups is 1. The van der Waals surface area contributed by atoms with E-state index in [0.717, 1.165) is 10.0 Å². The normalized spacial score (nSPS) is 32.5. The molecule has 0 bridgehead atoms. The van der Waals surface area contributed by atoms with E-state index in [4.69, 9.17) is 5.11 Å². The van der Waals surface area contributed by atoms with Gasteiger partial charge in [0.2, 0.25) is 0 Å². The van der Waals surface area contributed by atoms with E-state index in [1.165, 1.54) is 0 Å². The Hall–Kier alpha value is -1.81. The second-order valence-corrected chi connectivity index (χ2v) is 7.44. The Kier molecular flexibility index (Phi) is 4.68. The first-order chi connectivity index (χ1) is 11.4. The molecule has 3 rings (SSSR count). The second-order valence-electron chi connectivity index (χ2n) is 6.17. The molecule has 3 aliphatic heterocycles. The number of aliphatic carboxylic acids is 1. The van der Waals surface area contributed by atoms with E-state index in [9.17, 15) is 24.3 Å². The zero-order chi connectivity index (χ0) is 17.4. The second kappa shape index (κ2) is 6.60. The quantitative estimate of drug-likeness (QED) is 0.333. The number of aliphatic hydroxyl groups excluding tert-OH is 1. The highest BCUT2D eigenvalue weighted by Crippen LogP contribution is 2.39. The van der Waals surface area contributed by atoms with Crippen LogP contribution in [0.1, 0.15) is 32.1 Å². The first-order valence-electron chi connectivity index (χ1n) is 7.88. The number of amides is 4. The predicted molar refractivity (Wildman–Crippen MR) is 82.8 cm³/mol. The number of urea groups is 1. The Morgan fingerprint density at radius 1 is 1.29 bits per heavy atom. The van der Waals surface area contributed by atoms with Crippen LogP contribution in [-0.2, 0) is 14.4 Å². The number of nitrogens with one attached hydrogen (secondary N) is 1. The lowest BCUT2D eigenvalue weighted by atomic mass is 10.0. The molecule has 132 valence electrons. The van der Waals surface area contributed by atoms with E-state index < -0.39 is 29.9 Å². The summed E-state index contributed by atoms with van der Waals surface area (Å²) in [7, 11) is 0. The molecule has 0 radical (unpaired) electrons. The predicted octanol–water partition coefficient (Wildman–Crippen LogP) is -0.456. The van der Waals surface area contributed by atoms with E-state index in [1.54, 1.807) is 11.8 Å². The van der Waals surface area contributed by atoms with Crippen molar-refractivity contribution in [3.63, 3.8) is 0 Å². The maximum atomic E-state index is 12.2. The number of imide groups is 1. The third kappa shape index (κ3) is 2.95. The fourth-order valence-electron chi connectivity index (χ4n) is 3.43. The Labute approximate surface area is 142 Å². The monoisotopic (exact) mass is 357 g/mol. The maximum absolute atomic E-state index is 12.2. The molecule has 0 aliphatic carbocycles. The number of thioether (sulfide) groups is 1. The van der Waals surface area contributed by atoms with Crippen molar-refractivity contribution in [2.45, 2.75) is 55.5 Å². The average Bonchev–Trinajstić information content (AvgIpc) is 3.10.